The van der Waals surface area contributed by atoms with Crippen LogP contribution in [0, 0.1) is 5.41 Å². The summed E-state index contributed by atoms with van der Waals surface area (Å²) in [5.74, 6) is -1.60. The monoisotopic (exact) mass is 529 g/mol. The fourth-order valence-corrected chi connectivity index (χ4v) is 4.83. The molecule has 11 nitrogen and oxygen atoms in total. The van der Waals surface area contributed by atoms with Crippen LogP contribution < -0.4 is 15.8 Å². The maximum atomic E-state index is 12.9. The second-order valence-corrected chi connectivity index (χ2v) is 10.7. The van der Waals surface area contributed by atoms with Gasteiger partial charge in [-0.15, -0.1) is 0 Å². The Balaban J connectivity index is 1.56. The maximum Gasteiger partial charge on any atom is 0.335 e. The number of likely N-dealkylation sites (tertiary alicyclic amines) is 1. The number of hydrogen-bond donors (Lipinski definition) is 5. The van der Waals surface area contributed by atoms with E-state index in [1.165, 1.54) is 18.2 Å². The van der Waals surface area contributed by atoms with Crippen LogP contribution in [0.25, 0.3) is 0 Å². The van der Waals surface area contributed by atoms with E-state index in [9.17, 15) is 27.9 Å². The summed E-state index contributed by atoms with van der Waals surface area (Å²) in [5.41, 5.74) is 7.60. The Morgan fingerprint density at radius 1 is 1.14 bits per heavy atom. The van der Waals surface area contributed by atoms with Crippen molar-refractivity contribution >= 4 is 39.3 Å². The number of hydrogen-bond acceptors (Lipinski definition) is 6. The van der Waals surface area contributed by atoms with Crippen molar-refractivity contribution in [3.8, 4) is 0 Å². The minimum Gasteiger partial charge on any atom is -0.478 e. The third-order valence-electron chi connectivity index (χ3n) is 6.10. The lowest BCUT2D eigenvalue weighted by molar-refractivity contribution is -0.138. The Labute approximate surface area is 215 Å². The molecule has 1 saturated heterocycles. The Bertz CT molecular complexity index is 1290. The molecule has 0 radical (unpaired) electrons. The van der Waals surface area contributed by atoms with E-state index in [4.69, 9.17) is 11.1 Å². The number of nitrogens with one attached hydrogen (secondary N) is 3. The summed E-state index contributed by atoms with van der Waals surface area (Å²) in [6.07, 6.45) is 3.18. The summed E-state index contributed by atoms with van der Waals surface area (Å²) in [6.45, 7) is 0.774. The van der Waals surface area contributed by atoms with Crippen molar-refractivity contribution in [2.24, 2.45) is 5.73 Å². The zero-order valence-corrected chi connectivity index (χ0v) is 21.3. The average molecular weight is 530 g/mol. The van der Waals surface area contributed by atoms with Crippen molar-refractivity contribution in [1.29, 1.82) is 5.41 Å². The van der Waals surface area contributed by atoms with Gasteiger partial charge in [-0.05, 0) is 48.9 Å². The number of amides is 2. The molecule has 0 aromatic heterocycles. The fraction of sp³-hybridized carbons (Fsp3) is 0.360. The van der Waals surface area contributed by atoms with Crippen molar-refractivity contribution in [3.63, 3.8) is 0 Å². The lowest BCUT2D eigenvalue weighted by Crippen LogP contribution is -2.45. The highest BCUT2D eigenvalue weighted by Gasteiger charge is 2.33. The van der Waals surface area contributed by atoms with Gasteiger partial charge < -0.3 is 21.1 Å². The minimum atomic E-state index is -3.62. The topological polar surface area (TPSA) is 183 Å². The Morgan fingerprint density at radius 3 is 2.43 bits per heavy atom. The molecule has 1 aliphatic rings. The van der Waals surface area contributed by atoms with Crippen LogP contribution in [0.15, 0.2) is 42.5 Å². The van der Waals surface area contributed by atoms with Gasteiger partial charge in [-0.2, -0.15) is 0 Å². The van der Waals surface area contributed by atoms with Crippen molar-refractivity contribution in [2.75, 3.05) is 17.5 Å². The van der Waals surface area contributed by atoms with Gasteiger partial charge in [0.1, 0.15) is 11.9 Å². The highest BCUT2D eigenvalue weighted by atomic mass is 32.2. The van der Waals surface area contributed by atoms with E-state index in [2.05, 4.69) is 10.0 Å². The number of anilines is 1. The summed E-state index contributed by atoms with van der Waals surface area (Å²) < 4.78 is 25.8. The van der Waals surface area contributed by atoms with E-state index >= 15 is 0 Å². The number of nitrogen functional groups attached to an aromatic ring is 1. The number of sulfonamides is 1. The Morgan fingerprint density at radius 2 is 1.81 bits per heavy atom. The number of benzene rings is 2. The number of carbonyl (C=O) groups excluding carboxylic acids is 2. The quantitative estimate of drug-likeness (QED) is 0.217. The van der Waals surface area contributed by atoms with Crippen LogP contribution in [0.4, 0.5) is 5.69 Å². The fourth-order valence-electron chi connectivity index (χ4n) is 4.24. The standard InChI is InChI=1S/C25H31N5O6S/c1-37(35,36)29-20-14-19(25(33)34)12-11-17(20)4-2-6-22(31)30-13-3-5-21(30)24(32)28-15-16-7-9-18(10-8-16)23(26)27/h7-12,14,21,29H,2-6,13,15H2,1H3,(H3,26,27)(H,28,32)(H,33,34)/t21-/m0/s1. The molecule has 3 rings (SSSR count). The van der Waals surface area contributed by atoms with Gasteiger partial charge in [0.15, 0.2) is 0 Å². The first-order valence-electron chi connectivity index (χ1n) is 11.8. The van der Waals surface area contributed by atoms with Crippen LogP contribution in [0.1, 0.15) is 52.7 Å². The molecule has 2 amide bonds. The van der Waals surface area contributed by atoms with Gasteiger partial charge in [0.2, 0.25) is 21.8 Å². The molecule has 37 heavy (non-hydrogen) atoms. The molecule has 2 aromatic rings. The zero-order valence-electron chi connectivity index (χ0n) is 20.5. The SMILES string of the molecule is CS(=O)(=O)Nc1cc(C(=O)O)ccc1CCCC(=O)N1CCC[C@H]1C(=O)NCc1ccc(C(=N)N)cc1. The number of nitrogens with two attached hydrogens (primary N) is 1. The molecular weight excluding hydrogens is 498 g/mol. The predicted molar refractivity (Wildman–Crippen MR) is 139 cm³/mol. The molecule has 198 valence electrons. The second-order valence-electron chi connectivity index (χ2n) is 8.98. The largest absolute Gasteiger partial charge is 0.478 e. The third-order valence-corrected chi connectivity index (χ3v) is 6.69. The van der Waals surface area contributed by atoms with E-state index in [1.807, 2.05) is 0 Å². The van der Waals surface area contributed by atoms with Crippen LogP contribution in [0.2, 0.25) is 0 Å². The van der Waals surface area contributed by atoms with Crippen molar-refractivity contribution in [1.82, 2.24) is 10.2 Å². The molecule has 1 aliphatic heterocycles. The summed E-state index contributed by atoms with van der Waals surface area (Å²) in [4.78, 5) is 38.5. The molecule has 0 aliphatic carbocycles. The highest BCUT2D eigenvalue weighted by molar-refractivity contribution is 7.92. The number of carbonyl (C=O) groups is 3. The van der Waals surface area contributed by atoms with Gasteiger partial charge in [0.25, 0.3) is 0 Å². The second kappa shape index (κ2) is 11.9. The first-order chi connectivity index (χ1) is 17.4. The van der Waals surface area contributed by atoms with Crippen LogP contribution in [0.5, 0.6) is 0 Å². The summed E-state index contributed by atoms with van der Waals surface area (Å²) in [7, 11) is -3.62. The van der Waals surface area contributed by atoms with Crippen LogP contribution in [-0.4, -0.2) is 60.9 Å². The molecule has 0 saturated carbocycles. The van der Waals surface area contributed by atoms with Gasteiger partial charge >= 0.3 is 5.97 Å². The number of carboxylic acid groups (broad SMARTS) is 1. The smallest absolute Gasteiger partial charge is 0.335 e. The molecule has 1 heterocycles. The molecule has 6 N–H and O–H groups in total. The van der Waals surface area contributed by atoms with Crippen molar-refractivity contribution in [2.45, 2.75) is 44.7 Å². The minimum absolute atomic E-state index is 0.0316. The molecule has 0 bridgehead atoms. The van der Waals surface area contributed by atoms with E-state index in [0.29, 0.717) is 36.9 Å². The number of amidine groups is 1. The molecule has 1 atom stereocenters. The number of nitrogens with zero attached hydrogens (tertiary/aromatic N) is 1. The number of carboxylic acids is 1. The van der Waals surface area contributed by atoms with E-state index < -0.39 is 22.0 Å². The first kappa shape index (κ1) is 27.7. The van der Waals surface area contributed by atoms with Gasteiger partial charge in [-0.25, -0.2) is 13.2 Å². The Kier molecular flexibility index (Phi) is 8.87. The van der Waals surface area contributed by atoms with E-state index in [1.54, 1.807) is 29.2 Å². The van der Waals surface area contributed by atoms with Crippen LogP contribution in [0.3, 0.4) is 0 Å². The van der Waals surface area contributed by atoms with Crippen LogP contribution >= 0.6 is 0 Å². The van der Waals surface area contributed by atoms with E-state index in [0.717, 1.165) is 18.2 Å². The van der Waals surface area contributed by atoms with E-state index in [-0.39, 0.29) is 41.9 Å². The maximum absolute atomic E-state index is 12.9. The number of rotatable bonds is 11. The molecule has 0 unspecified atom stereocenters. The lowest BCUT2D eigenvalue weighted by Gasteiger charge is -2.24. The van der Waals surface area contributed by atoms with Crippen molar-refractivity contribution in [3.05, 3.63) is 64.7 Å². The molecule has 1 fully saturated rings. The lowest BCUT2D eigenvalue weighted by atomic mass is 10.0. The van der Waals surface area contributed by atoms with Crippen LogP contribution in [-0.2, 0) is 32.6 Å². The van der Waals surface area contributed by atoms with Gasteiger partial charge in [-0.3, -0.25) is 19.7 Å². The molecule has 0 spiro atoms. The summed E-state index contributed by atoms with van der Waals surface area (Å²) >= 11 is 0. The van der Waals surface area contributed by atoms with Gasteiger partial charge in [0, 0.05) is 25.1 Å². The third kappa shape index (κ3) is 7.78. The predicted octanol–water partition coefficient (Wildman–Crippen LogP) is 1.67. The molecular formula is C25H31N5O6S. The number of aromatic carboxylic acids is 1. The summed E-state index contributed by atoms with van der Waals surface area (Å²) in [6, 6.07) is 10.6. The van der Waals surface area contributed by atoms with Gasteiger partial charge in [-0.1, -0.05) is 30.3 Å². The molecule has 2 aromatic carbocycles. The zero-order chi connectivity index (χ0) is 27.2. The number of aryl methyl sites for hydroxylation is 1. The average Bonchev–Trinajstić information content (AvgIpc) is 3.33. The normalized spacial score (nSPS) is 15.3. The Hall–Kier alpha value is -3.93. The highest BCUT2D eigenvalue weighted by Crippen LogP contribution is 2.23. The molecule has 12 heteroatoms. The van der Waals surface area contributed by atoms with Gasteiger partial charge in [0.05, 0.1) is 17.5 Å². The van der Waals surface area contributed by atoms with Crippen molar-refractivity contribution < 1.29 is 27.9 Å². The first-order valence-corrected chi connectivity index (χ1v) is 13.7. The summed E-state index contributed by atoms with van der Waals surface area (Å²) in [5, 5.41) is 19.5.